The topological polar surface area (TPSA) is 33.5 Å². The molecule has 47 heavy (non-hydrogen) atoms. The molecule has 1 aliphatic rings. The normalized spacial score (nSPS) is 13.2. The fraction of sp³-hybridized carbons (Fsp3) is 0.0976. The number of fused-ring (bicyclic) bond motifs is 7. The van der Waals surface area contributed by atoms with E-state index in [-0.39, 0.29) is 0 Å². The lowest BCUT2D eigenvalue weighted by molar-refractivity contribution is 0.483. The Hall–Kier alpha value is -5.59. The van der Waals surface area contributed by atoms with Crippen molar-refractivity contribution in [2.45, 2.75) is 20.8 Å². The Balaban J connectivity index is 1.11. The van der Waals surface area contributed by atoms with E-state index in [0.29, 0.717) is 0 Å². The van der Waals surface area contributed by atoms with Crippen molar-refractivity contribution < 1.29 is 4.74 Å². The van der Waals surface area contributed by atoms with Gasteiger partial charge < -0.3 is 14.5 Å². The van der Waals surface area contributed by atoms with E-state index in [0.717, 1.165) is 35.2 Å². The zero-order valence-electron chi connectivity index (χ0n) is 26.4. The first-order valence-electron chi connectivity index (χ1n) is 15.9. The largest absolute Gasteiger partial charge is 0.457 e. The fourth-order valence-corrected chi connectivity index (χ4v) is 8.41. The van der Waals surface area contributed by atoms with E-state index in [1.807, 2.05) is 35.7 Å². The molecular weight excluding hydrogens is 597 g/mol. The first-order chi connectivity index (χ1) is 23.0. The van der Waals surface area contributed by atoms with Crippen molar-refractivity contribution in [2.75, 3.05) is 16.5 Å². The molecule has 0 aliphatic carbocycles. The summed E-state index contributed by atoms with van der Waals surface area (Å²) in [4.78, 5) is 9.38. The lowest BCUT2D eigenvalue weighted by atomic mass is 10.0. The van der Waals surface area contributed by atoms with Crippen LogP contribution in [0.2, 0.25) is 0 Å². The molecule has 0 unspecified atom stereocenters. The second-order valence-corrected chi connectivity index (χ2v) is 13.4. The van der Waals surface area contributed by atoms with E-state index in [2.05, 4.69) is 139 Å². The number of aromatic nitrogens is 2. The Kier molecular flexibility index (Phi) is 6.34. The Morgan fingerprint density at radius 3 is 2.30 bits per heavy atom. The molecule has 5 aromatic carbocycles. The van der Waals surface area contributed by atoms with Crippen LogP contribution >= 0.6 is 11.3 Å². The van der Waals surface area contributed by atoms with Gasteiger partial charge in [-0.15, -0.1) is 11.3 Å². The first-order valence-corrected chi connectivity index (χ1v) is 16.7. The molecule has 0 saturated carbocycles. The lowest BCUT2D eigenvalue weighted by Gasteiger charge is -2.25. The zero-order valence-corrected chi connectivity index (χ0v) is 27.3. The number of nitrogens with zero attached hydrogens (tertiary/aromatic N) is 4. The molecule has 0 amide bonds. The number of aryl methyl sites for hydroxylation is 3. The maximum Gasteiger partial charge on any atom is 0.137 e. The fourth-order valence-electron chi connectivity index (χ4n) is 7.30. The average molecular weight is 629 g/mol. The summed E-state index contributed by atoms with van der Waals surface area (Å²) in [5.41, 5.74) is 8.47. The number of hydrogen-bond acceptors (Lipinski definition) is 5. The summed E-state index contributed by atoms with van der Waals surface area (Å²) >= 11 is 1.84. The number of rotatable bonds is 5. The smallest absolute Gasteiger partial charge is 0.137 e. The van der Waals surface area contributed by atoms with Crippen LogP contribution in [0.5, 0.6) is 11.5 Å². The second-order valence-electron chi connectivity index (χ2n) is 12.4. The lowest BCUT2D eigenvalue weighted by Crippen LogP contribution is -2.25. The van der Waals surface area contributed by atoms with Gasteiger partial charge >= 0.3 is 0 Å². The standard InChI is InChI=1S/C41H32N4OS/c1-26-21-27(2)40(28(3)22-26)44-20-19-43(25-44)29-9-8-10-30(23-29)46-31-14-15-32-33-16-17-37-39(34-11-4-5-12-36(34)47-37)41(33)45(35(32)24-31)38-13-6-7-18-42-38/h4-24H,25H2,1-3H3. The number of pyridine rings is 1. The maximum atomic E-state index is 6.58. The van der Waals surface area contributed by atoms with E-state index in [9.17, 15) is 0 Å². The zero-order chi connectivity index (χ0) is 31.6. The van der Waals surface area contributed by atoms with Crippen LogP contribution in [0.1, 0.15) is 16.7 Å². The van der Waals surface area contributed by atoms with Gasteiger partial charge in [-0.2, -0.15) is 0 Å². The molecule has 5 nitrogen and oxygen atoms in total. The third kappa shape index (κ3) is 4.55. The SMILES string of the molecule is Cc1cc(C)c(N2C=CN(c3cccc(Oc4ccc5c6ccc7sc8ccccc8c7c6n(-c6ccccn6)c5c4)c3)C2)c(C)c1. The first kappa shape index (κ1) is 27.7. The molecule has 0 saturated heterocycles. The van der Waals surface area contributed by atoms with Crippen molar-refractivity contribution in [3.63, 3.8) is 0 Å². The molecule has 1 aliphatic heterocycles. The number of ether oxygens (including phenoxy) is 1. The van der Waals surface area contributed by atoms with E-state index >= 15 is 0 Å². The highest BCUT2D eigenvalue weighted by molar-refractivity contribution is 7.26. The van der Waals surface area contributed by atoms with Gasteiger partial charge in [0.15, 0.2) is 0 Å². The van der Waals surface area contributed by atoms with Crippen LogP contribution in [0.15, 0.2) is 128 Å². The summed E-state index contributed by atoms with van der Waals surface area (Å²) < 4.78 is 11.4. The molecule has 8 aromatic rings. The van der Waals surface area contributed by atoms with Crippen LogP contribution in [-0.4, -0.2) is 16.2 Å². The Morgan fingerprint density at radius 2 is 1.45 bits per heavy atom. The van der Waals surface area contributed by atoms with Crippen molar-refractivity contribution in [3.05, 3.63) is 144 Å². The molecule has 0 atom stereocenters. The maximum absolute atomic E-state index is 6.58. The summed E-state index contributed by atoms with van der Waals surface area (Å²) in [5, 5.41) is 4.92. The van der Waals surface area contributed by atoms with Crippen LogP contribution in [0, 0.1) is 20.8 Å². The van der Waals surface area contributed by atoms with Crippen LogP contribution in [0.4, 0.5) is 11.4 Å². The third-order valence-electron chi connectivity index (χ3n) is 9.16. The summed E-state index contributed by atoms with van der Waals surface area (Å²) in [6, 6.07) is 38.5. The van der Waals surface area contributed by atoms with Crippen molar-refractivity contribution >= 4 is 64.7 Å². The Bertz CT molecular complexity index is 2500. The van der Waals surface area contributed by atoms with Gasteiger partial charge in [-0.05, 0) is 80.4 Å². The van der Waals surface area contributed by atoms with Crippen molar-refractivity contribution in [2.24, 2.45) is 0 Å². The summed E-state index contributed by atoms with van der Waals surface area (Å²) in [6.45, 7) is 7.28. The van der Waals surface area contributed by atoms with Gasteiger partial charge in [0.25, 0.3) is 0 Å². The molecule has 4 heterocycles. The minimum Gasteiger partial charge on any atom is -0.457 e. The average Bonchev–Trinajstić information content (AvgIpc) is 3.79. The van der Waals surface area contributed by atoms with Crippen molar-refractivity contribution in [3.8, 4) is 17.3 Å². The number of benzene rings is 5. The molecule has 0 fully saturated rings. The summed E-state index contributed by atoms with van der Waals surface area (Å²) in [7, 11) is 0. The van der Waals surface area contributed by atoms with Crippen molar-refractivity contribution in [1.82, 2.24) is 9.55 Å². The van der Waals surface area contributed by atoms with Gasteiger partial charge in [-0.25, -0.2) is 4.98 Å². The monoisotopic (exact) mass is 628 g/mol. The van der Waals surface area contributed by atoms with Crippen molar-refractivity contribution in [1.29, 1.82) is 0 Å². The highest BCUT2D eigenvalue weighted by Crippen LogP contribution is 2.43. The van der Waals surface area contributed by atoms with E-state index in [1.54, 1.807) is 0 Å². The predicted octanol–water partition coefficient (Wildman–Crippen LogP) is 11.0. The van der Waals surface area contributed by atoms with Gasteiger partial charge in [0.2, 0.25) is 0 Å². The van der Waals surface area contributed by atoms with E-state index < -0.39 is 0 Å². The molecule has 228 valence electrons. The molecular formula is C41H32N4OS. The van der Waals surface area contributed by atoms with E-state index in [4.69, 9.17) is 9.72 Å². The van der Waals surface area contributed by atoms with Crippen LogP contribution in [-0.2, 0) is 0 Å². The van der Waals surface area contributed by atoms with Gasteiger partial charge in [0.1, 0.15) is 17.3 Å². The highest BCUT2D eigenvalue weighted by atomic mass is 32.1. The van der Waals surface area contributed by atoms with Crippen LogP contribution < -0.4 is 14.5 Å². The van der Waals surface area contributed by atoms with E-state index in [1.165, 1.54) is 58.8 Å². The molecule has 0 spiro atoms. The van der Waals surface area contributed by atoms with Gasteiger partial charge in [0.05, 0.1) is 17.7 Å². The summed E-state index contributed by atoms with van der Waals surface area (Å²) in [6.07, 6.45) is 6.17. The number of anilines is 2. The minimum atomic E-state index is 0.746. The molecule has 0 radical (unpaired) electrons. The summed E-state index contributed by atoms with van der Waals surface area (Å²) in [5.74, 6) is 2.47. The van der Waals surface area contributed by atoms with Gasteiger partial charge in [-0.1, -0.05) is 54.1 Å². The van der Waals surface area contributed by atoms with Gasteiger partial charge in [-0.3, -0.25) is 4.57 Å². The Morgan fingerprint density at radius 1 is 0.660 bits per heavy atom. The molecule has 9 rings (SSSR count). The minimum absolute atomic E-state index is 0.746. The van der Waals surface area contributed by atoms with Gasteiger partial charge in [0, 0.05) is 73.0 Å². The van der Waals surface area contributed by atoms with Crippen LogP contribution in [0.25, 0.3) is 47.8 Å². The predicted molar refractivity (Wildman–Crippen MR) is 198 cm³/mol. The molecule has 0 bridgehead atoms. The molecule has 3 aromatic heterocycles. The Labute approximate surface area is 277 Å². The number of hydrogen-bond donors (Lipinski definition) is 0. The molecule has 0 N–H and O–H groups in total. The quantitative estimate of drug-likeness (QED) is 0.190. The highest BCUT2D eigenvalue weighted by Gasteiger charge is 2.21. The second kappa shape index (κ2) is 10.7. The van der Waals surface area contributed by atoms with Crippen LogP contribution in [0.3, 0.4) is 0 Å². The molecule has 6 heteroatoms. The number of thiophene rings is 1. The third-order valence-corrected chi connectivity index (χ3v) is 10.3.